The summed E-state index contributed by atoms with van der Waals surface area (Å²) in [6.45, 7) is 5.21. The number of benzene rings is 2. The Morgan fingerprint density at radius 1 is 1.07 bits per heavy atom. The van der Waals surface area contributed by atoms with E-state index in [1.54, 1.807) is 0 Å². The monoisotopic (exact) mass is 381 g/mol. The van der Waals surface area contributed by atoms with Crippen molar-refractivity contribution in [1.82, 2.24) is 9.88 Å². The number of amides is 1. The van der Waals surface area contributed by atoms with Crippen LogP contribution in [-0.4, -0.2) is 55.2 Å². The first-order valence-corrected chi connectivity index (χ1v) is 9.74. The minimum Gasteiger partial charge on any atom is -0.379 e. The molecule has 1 aromatic heterocycles. The van der Waals surface area contributed by atoms with Crippen molar-refractivity contribution in [2.75, 3.05) is 44.3 Å². The molecule has 0 atom stereocenters. The molecule has 138 valence electrons. The number of anilines is 1. The molecule has 0 saturated carbocycles. The van der Waals surface area contributed by atoms with E-state index < -0.39 is 0 Å². The number of hydrogen-bond acceptors (Lipinski definition) is 4. The fraction of sp³-hybridized carbons (Fsp3) is 0.333. The van der Waals surface area contributed by atoms with Crippen molar-refractivity contribution < 1.29 is 9.53 Å². The van der Waals surface area contributed by atoms with Crippen molar-refractivity contribution in [1.29, 1.82) is 0 Å². The second-order valence-electron chi connectivity index (χ2n) is 7.08. The third-order valence-electron chi connectivity index (χ3n) is 5.45. The quantitative estimate of drug-likeness (QED) is 0.646. The summed E-state index contributed by atoms with van der Waals surface area (Å²) in [5.74, 6) is 0.0536. The Morgan fingerprint density at radius 3 is 2.78 bits per heavy atom. The molecule has 5 nitrogen and oxygen atoms in total. The van der Waals surface area contributed by atoms with Crippen LogP contribution in [-0.2, 0) is 4.74 Å². The highest BCUT2D eigenvalue weighted by atomic mass is 35.5. The van der Waals surface area contributed by atoms with E-state index >= 15 is 0 Å². The van der Waals surface area contributed by atoms with E-state index in [1.165, 1.54) is 0 Å². The Kier molecular flexibility index (Phi) is 4.23. The van der Waals surface area contributed by atoms with E-state index in [0.29, 0.717) is 11.6 Å². The molecule has 0 bridgehead atoms. The summed E-state index contributed by atoms with van der Waals surface area (Å²) in [6, 6.07) is 11.5. The fourth-order valence-electron chi connectivity index (χ4n) is 4.14. The van der Waals surface area contributed by atoms with Gasteiger partial charge in [0.15, 0.2) is 0 Å². The van der Waals surface area contributed by atoms with Gasteiger partial charge in [0.05, 0.1) is 35.5 Å². The van der Waals surface area contributed by atoms with Gasteiger partial charge in [-0.05, 0) is 36.8 Å². The highest BCUT2D eigenvalue weighted by molar-refractivity contribution is 6.33. The van der Waals surface area contributed by atoms with Crippen LogP contribution in [0.15, 0.2) is 36.4 Å². The lowest BCUT2D eigenvalue weighted by molar-refractivity contribution is 0.0376. The Hall–Kier alpha value is -2.21. The maximum Gasteiger partial charge on any atom is 0.259 e. The van der Waals surface area contributed by atoms with Crippen LogP contribution in [0.1, 0.15) is 16.8 Å². The van der Waals surface area contributed by atoms with Gasteiger partial charge in [0.1, 0.15) is 0 Å². The predicted octanol–water partition coefficient (Wildman–Crippen LogP) is 3.72. The molecule has 2 aliphatic heterocycles. The van der Waals surface area contributed by atoms with Crippen LogP contribution in [0.2, 0.25) is 5.02 Å². The number of carbonyl (C=O) groups excluding carboxylic acids is 1. The molecule has 0 spiro atoms. The Bertz CT molecular complexity index is 1050. The van der Waals surface area contributed by atoms with Crippen LogP contribution in [0.3, 0.4) is 0 Å². The van der Waals surface area contributed by atoms with Crippen molar-refractivity contribution in [2.45, 2.75) is 6.42 Å². The summed E-state index contributed by atoms with van der Waals surface area (Å²) in [7, 11) is 0. The third-order valence-corrected chi connectivity index (χ3v) is 5.68. The average Bonchev–Trinajstić information content (AvgIpc) is 2.97. The molecule has 0 radical (unpaired) electrons. The predicted molar refractivity (Wildman–Crippen MR) is 108 cm³/mol. The van der Waals surface area contributed by atoms with Gasteiger partial charge in [-0.1, -0.05) is 17.7 Å². The smallest absolute Gasteiger partial charge is 0.259 e. The van der Waals surface area contributed by atoms with E-state index in [2.05, 4.69) is 4.90 Å². The zero-order chi connectivity index (χ0) is 18.4. The molecule has 1 saturated heterocycles. The van der Waals surface area contributed by atoms with Crippen molar-refractivity contribution in [3.63, 3.8) is 0 Å². The maximum atomic E-state index is 13.3. The van der Waals surface area contributed by atoms with E-state index in [1.807, 2.05) is 41.3 Å². The summed E-state index contributed by atoms with van der Waals surface area (Å²) in [5, 5.41) is 2.41. The zero-order valence-corrected chi connectivity index (χ0v) is 15.7. The Labute approximate surface area is 162 Å². The summed E-state index contributed by atoms with van der Waals surface area (Å²) in [4.78, 5) is 22.3. The lowest BCUT2D eigenvalue weighted by Crippen LogP contribution is -2.38. The molecule has 0 N–H and O–H groups in total. The van der Waals surface area contributed by atoms with Gasteiger partial charge in [0.25, 0.3) is 5.91 Å². The van der Waals surface area contributed by atoms with Gasteiger partial charge in [-0.3, -0.25) is 9.69 Å². The first-order chi connectivity index (χ1) is 13.2. The number of morpholine rings is 1. The number of carbonyl (C=O) groups is 1. The summed E-state index contributed by atoms with van der Waals surface area (Å²) >= 11 is 6.20. The van der Waals surface area contributed by atoms with Crippen LogP contribution >= 0.6 is 11.6 Å². The summed E-state index contributed by atoms with van der Waals surface area (Å²) in [6.07, 6.45) is 0.933. The SMILES string of the molecule is O=C1c2c3cc(Cl)ccc3nc3cccc(c23)N1CCCN1CCOCC1. The summed E-state index contributed by atoms with van der Waals surface area (Å²) < 4.78 is 5.40. The maximum absolute atomic E-state index is 13.3. The van der Waals surface area contributed by atoms with Gasteiger partial charge in [-0.15, -0.1) is 0 Å². The molecule has 2 aliphatic rings. The van der Waals surface area contributed by atoms with Crippen LogP contribution in [0.4, 0.5) is 5.69 Å². The second-order valence-corrected chi connectivity index (χ2v) is 7.52. The van der Waals surface area contributed by atoms with Crippen LogP contribution in [0, 0.1) is 0 Å². The van der Waals surface area contributed by atoms with E-state index in [9.17, 15) is 4.79 Å². The number of halogens is 1. The highest BCUT2D eigenvalue weighted by Gasteiger charge is 2.32. The van der Waals surface area contributed by atoms with E-state index in [-0.39, 0.29) is 5.91 Å². The zero-order valence-electron chi connectivity index (χ0n) is 14.9. The first kappa shape index (κ1) is 16.9. The first-order valence-electron chi connectivity index (χ1n) is 9.36. The number of hydrogen-bond donors (Lipinski definition) is 0. The lowest BCUT2D eigenvalue weighted by atomic mass is 10.0. The van der Waals surface area contributed by atoms with Gasteiger partial charge in [0, 0.05) is 42.0 Å². The van der Waals surface area contributed by atoms with Crippen LogP contribution in [0.5, 0.6) is 0 Å². The van der Waals surface area contributed by atoms with Gasteiger partial charge in [0.2, 0.25) is 0 Å². The Balaban J connectivity index is 1.49. The molecule has 5 rings (SSSR count). The standard InChI is InChI=1S/C21H20ClN3O2/c22-14-5-6-16-15(13-14)19-20-17(23-16)3-1-4-18(20)25(21(19)26)8-2-7-24-9-11-27-12-10-24/h1,3-6,13H,2,7-12H2. The van der Waals surface area contributed by atoms with Crippen molar-refractivity contribution in [3.8, 4) is 0 Å². The van der Waals surface area contributed by atoms with Crippen LogP contribution < -0.4 is 4.90 Å². The Morgan fingerprint density at radius 2 is 1.93 bits per heavy atom. The number of nitrogens with zero attached hydrogens (tertiary/aromatic N) is 3. The molecule has 1 amide bonds. The molecule has 1 fully saturated rings. The van der Waals surface area contributed by atoms with Gasteiger partial charge >= 0.3 is 0 Å². The minimum atomic E-state index is 0.0536. The second kappa shape index (κ2) is 6.75. The molecule has 0 unspecified atom stereocenters. The van der Waals surface area contributed by atoms with Gasteiger partial charge < -0.3 is 9.64 Å². The number of rotatable bonds is 4. The van der Waals surface area contributed by atoms with E-state index in [4.69, 9.17) is 21.3 Å². The molecule has 27 heavy (non-hydrogen) atoms. The summed E-state index contributed by atoms with van der Waals surface area (Å²) in [5.41, 5.74) is 3.37. The third kappa shape index (κ3) is 2.87. The number of ether oxygens (including phenoxy) is 1. The molecule has 3 aromatic rings. The van der Waals surface area contributed by atoms with Gasteiger partial charge in [-0.2, -0.15) is 0 Å². The highest BCUT2D eigenvalue weighted by Crippen LogP contribution is 2.40. The van der Waals surface area contributed by atoms with E-state index in [0.717, 1.165) is 72.3 Å². The fourth-order valence-corrected chi connectivity index (χ4v) is 4.31. The van der Waals surface area contributed by atoms with Crippen molar-refractivity contribution in [3.05, 3.63) is 47.0 Å². The van der Waals surface area contributed by atoms with Gasteiger partial charge in [-0.25, -0.2) is 4.98 Å². The average molecular weight is 382 g/mol. The largest absolute Gasteiger partial charge is 0.379 e. The number of pyridine rings is 1. The van der Waals surface area contributed by atoms with Crippen molar-refractivity contribution in [2.24, 2.45) is 0 Å². The molecular formula is C21H20ClN3O2. The molecular weight excluding hydrogens is 362 g/mol. The lowest BCUT2D eigenvalue weighted by Gasteiger charge is -2.27. The van der Waals surface area contributed by atoms with Crippen molar-refractivity contribution >= 4 is 45.0 Å². The number of fused-ring (bicyclic) bond motifs is 2. The molecule has 3 heterocycles. The molecule has 6 heteroatoms. The minimum absolute atomic E-state index is 0.0536. The van der Waals surface area contributed by atoms with Crippen LogP contribution in [0.25, 0.3) is 21.8 Å². The topological polar surface area (TPSA) is 45.7 Å². The molecule has 0 aliphatic carbocycles. The normalized spacial score (nSPS) is 17.4. The molecule has 2 aromatic carbocycles. The number of aromatic nitrogens is 1.